The first-order valence-corrected chi connectivity index (χ1v) is 9.16. The van der Waals surface area contributed by atoms with Gasteiger partial charge < -0.3 is 4.43 Å². The van der Waals surface area contributed by atoms with Gasteiger partial charge >= 0.3 is 0 Å². The van der Waals surface area contributed by atoms with Crippen molar-refractivity contribution in [2.75, 3.05) is 0 Å². The molecule has 1 aliphatic rings. The molecule has 1 aliphatic carbocycles. The molecule has 1 rings (SSSR count). The van der Waals surface area contributed by atoms with Gasteiger partial charge in [0.1, 0.15) is 0 Å². The van der Waals surface area contributed by atoms with Crippen molar-refractivity contribution < 1.29 is 4.43 Å². The molecular weight excluding hydrogens is 212 g/mol. The van der Waals surface area contributed by atoms with E-state index in [0.29, 0.717) is 0 Å². The summed E-state index contributed by atoms with van der Waals surface area (Å²) in [7, 11) is -1.51. The third kappa shape index (κ3) is 3.51. The molecule has 1 nitrogen and oxygen atoms in total. The van der Waals surface area contributed by atoms with Crippen LogP contribution in [0, 0.1) is 5.92 Å². The van der Waals surface area contributed by atoms with Crippen LogP contribution in [0.2, 0.25) is 18.1 Å². The first kappa shape index (κ1) is 13.6. The Morgan fingerprint density at radius 2 is 1.75 bits per heavy atom. The van der Waals surface area contributed by atoms with Crippen molar-refractivity contribution in [1.29, 1.82) is 0 Å². The van der Waals surface area contributed by atoms with E-state index in [0.717, 1.165) is 11.7 Å². The Labute approximate surface area is 102 Å². The molecule has 1 saturated carbocycles. The second-order valence-electron chi connectivity index (χ2n) is 4.96. The molecule has 0 N–H and O–H groups in total. The molecule has 0 unspecified atom stereocenters. The van der Waals surface area contributed by atoms with Crippen LogP contribution in [0.5, 0.6) is 0 Å². The minimum atomic E-state index is -1.51. The van der Waals surface area contributed by atoms with Gasteiger partial charge in [-0.2, -0.15) is 0 Å². The van der Waals surface area contributed by atoms with Gasteiger partial charge in [-0.3, -0.25) is 0 Å². The maximum Gasteiger partial charge on any atom is 0.250 e. The first-order valence-electron chi connectivity index (χ1n) is 6.63. The Morgan fingerprint density at radius 3 is 2.12 bits per heavy atom. The minimum absolute atomic E-state index is 0.807. The van der Waals surface area contributed by atoms with Gasteiger partial charge in [0.05, 0.1) is 5.76 Å². The van der Waals surface area contributed by atoms with E-state index in [1.807, 2.05) is 0 Å². The Kier molecular flexibility index (Phi) is 4.84. The summed E-state index contributed by atoms with van der Waals surface area (Å²) in [5, 5.41) is 0. The van der Waals surface area contributed by atoms with Crippen LogP contribution < -0.4 is 0 Å². The topological polar surface area (TPSA) is 9.23 Å². The predicted octanol–water partition coefficient (Wildman–Crippen LogP) is 4.88. The molecule has 0 aromatic heterocycles. The highest BCUT2D eigenvalue weighted by Crippen LogP contribution is 2.33. The summed E-state index contributed by atoms with van der Waals surface area (Å²) in [5.74, 6) is 1.74. The molecule has 0 saturated heterocycles. The van der Waals surface area contributed by atoms with E-state index in [1.54, 1.807) is 0 Å². The highest BCUT2D eigenvalue weighted by atomic mass is 28.4. The fourth-order valence-corrected chi connectivity index (χ4v) is 4.63. The molecule has 16 heavy (non-hydrogen) atoms. The second kappa shape index (κ2) is 5.71. The molecule has 0 radical (unpaired) electrons. The number of rotatable bonds is 7. The standard InChI is InChI=1S/C14H26OSi/c1-6-16(7-2,8-3)15-13(5)12(4)11-14-9-10-14/h11,14H,5-10H2,1-4H3. The fraction of sp³-hybridized carbons (Fsp3) is 0.714. The Morgan fingerprint density at radius 1 is 1.25 bits per heavy atom. The van der Waals surface area contributed by atoms with Crippen LogP contribution in [0.3, 0.4) is 0 Å². The van der Waals surface area contributed by atoms with Crippen molar-refractivity contribution in [3.05, 3.63) is 24.0 Å². The average molecular weight is 238 g/mol. The van der Waals surface area contributed by atoms with Crippen LogP contribution >= 0.6 is 0 Å². The summed E-state index contributed by atoms with van der Waals surface area (Å²) in [4.78, 5) is 0. The zero-order valence-corrected chi connectivity index (χ0v) is 12.3. The molecule has 0 bridgehead atoms. The second-order valence-corrected chi connectivity index (χ2v) is 9.65. The third-order valence-electron chi connectivity index (χ3n) is 3.82. The summed E-state index contributed by atoms with van der Waals surface area (Å²) in [6, 6.07) is 3.57. The first-order chi connectivity index (χ1) is 7.56. The highest BCUT2D eigenvalue weighted by molar-refractivity contribution is 6.73. The molecule has 0 amide bonds. The fourth-order valence-electron chi connectivity index (χ4n) is 2.02. The van der Waals surface area contributed by atoms with Crippen LogP contribution in [-0.2, 0) is 4.43 Å². The van der Waals surface area contributed by atoms with E-state index in [-0.39, 0.29) is 0 Å². The van der Waals surface area contributed by atoms with Gasteiger partial charge in [0, 0.05) is 0 Å². The Hall–Kier alpha value is -0.503. The summed E-state index contributed by atoms with van der Waals surface area (Å²) in [6.07, 6.45) is 5.04. The van der Waals surface area contributed by atoms with Gasteiger partial charge in [-0.1, -0.05) is 33.4 Å². The molecule has 0 spiro atoms. The summed E-state index contributed by atoms with van der Waals surface area (Å²) < 4.78 is 6.25. The van der Waals surface area contributed by atoms with Crippen LogP contribution in [0.15, 0.2) is 24.0 Å². The third-order valence-corrected chi connectivity index (χ3v) is 8.37. The lowest BCUT2D eigenvalue weighted by molar-refractivity contribution is 0.417. The van der Waals surface area contributed by atoms with Crippen molar-refractivity contribution in [3.8, 4) is 0 Å². The maximum atomic E-state index is 6.25. The normalized spacial score (nSPS) is 17.4. The zero-order chi connectivity index (χ0) is 12.2. The van der Waals surface area contributed by atoms with Crippen LogP contribution in [0.4, 0.5) is 0 Å². The van der Waals surface area contributed by atoms with Crippen molar-refractivity contribution >= 4 is 8.32 Å². The maximum absolute atomic E-state index is 6.25. The number of hydrogen-bond acceptors (Lipinski definition) is 1. The van der Waals surface area contributed by atoms with E-state index in [4.69, 9.17) is 4.43 Å². The number of allylic oxidation sites excluding steroid dienone is 2. The summed E-state index contributed by atoms with van der Waals surface area (Å²) in [5.41, 5.74) is 1.26. The quantitative estimate of drug-likeness (QED) is 0.349. The van der Waals surface area contributed by atoms with Crippen molar-refractivity contribution in [3.63, 3.8) is 0 Å². The number of hydrogen-bond donors (Lipinski definition) is 0. The molecule has 1 fully saturated rings. The van der Waals surface area contributed by atoms with Gasteiger partial charge in [-0.15, -0.1) is 0 Å². The van der Waals surface area contributed by atoms with Crippen LogP contribution in [-0.4, -0.2) is 8.32 Å². The van der Waals surface area contributed by atoms with E-state index >= 15 is 0 Å². The van der Waals surface area contributed by atoms with Crippen molar-refractivity contribution in [2.45, 2.75) is 58.7 Å². The minimum Gasteiger partial charge on any atom is -0.544 e. The van der Waals surface area contributed by atoms with Gasteiger partial charge in [-0.25, -0.2) is 0 Å². The molecule has 2 heteroatoms. The van der Waals surface area contributed by atoms with Crippen molar-refractivity contribution in [2.24, 2.45) is 5.92 Å². The highest BCUT2D eigenvalue weighted by Gasteiger charge is 2.31. The monoisotopic (exact) mass is 238 g/mol. The molecule has 0 aliphatic heterocycles. The zero-order valence-electron chi connectivity index (χ0n) is 11.3. The molecular formula is C14H26OSi. The smallest absolute Gasteiger partial charge is 0.250 e. The van der Waals surface area contributed by atoms with Crippen molar-refractivity contribution in [1.82, 2.24) is 0 Å². The Balaban J connectivity index is 2.60. The molecule has 92 valence electrons. The molecule has 0 aromatic rings. The van der Waals surface area contributed by atoms with Crippen LogP contribution in [0.1, 0.15) is 40.5 Å². The van der Waals surface area contributed by atoms with Crippen LogP contribution in [0.25, 0.3) is 0 Å². The molecule has 0 atom stereocenters. The lowest BCUT2D eigenvalue weighted by atomic mass is 10.2. The average Bonchev–Trinajstić information content (AvgIpc) is 3.09. The van der Waals surface area contributed by atoms with Gasteiger partial charge in [0.2, 0.25) is 8.32 Å². The Bertz CT molecular complexity index is 264. The predicted molar refractivity (Wildman–Crippen MR) is 73.9 cm³/mol. The summed E-state index contributed by atoms with van der Waals surface area (Å²) in [6.45, 7) is 13.0. The SMILES string of the molecule is C=C(O[Si](CC)(CC)CC)C(C)=CC1CC1. The molecule has 0 aromatic carbocycles. The molecule has 0 heterocycles. The van der Waals surface area contributed by atoms with Gasteiger partial charge in [0.15, 0.2) is 0 Å². The van der Waals surface area contributed by atoms with E-state index in [9.17, 15) is 0 Å². The van der Waals surface area contributed by atoms with E-state index in [1.165, 1.54) is 36.5 Å². The largest absolute Gasteiger partial charge is 0.544 e. The van der Waals surface area contributed by atoms with E-state index in [2.05, 4.69) is 40.3 Å². The lowest BCUT2D eigenvalue weighted by Crippen LogP contribution is -2.35. The lowest BCUT2D eigenvalue weighted by Gasteiger charge is -2.30. The van der Waals surface area contributed by atoms with E-state index < -0.39 is 8.32 Å². The summed E-state index contributed by atoms with van der Waals surface area (Å²) >= 11 is 0. The van der Waals surface area contributed by atoms with Gasteiger partial charge in [0.25, 0.3) is 0 Å². The van der Waals surface area contributed by atoms with Gasteiger partial charge in [-0.05, 0) is 49.4 Å².